The maximum absolute atomic E-state index is 11.7. The molecule has 0 aromatic carbocycles. The monoisotopic (exact) mass is 205 g/mol. The van der Waals surface area contributed by atoms with E-state index < -0.39 is 12.6 Å². The van der Waals surface area contributed by atoms with Gasteiger partial charge in [-0.15, -0.1) is 11.8 Å². The van der Waals surface area contributed by atoms with E-state index >= 15 is 0 Å². The van der Waals surface area contributed by atoms with E-state index in [1.807, 2.05) is 0 Å². The zero-order valence-corrected chi connectivity index (χ0v) is 8.29. The molecule has 0 heterocycles. The minimum absolute atomic E-state index is 0.188. The summed E-state index contributed by atoms with van der Waals surface area (Å²) in [5, 5.41) is 0. The number of alkyl halides is 3. The average molecular weight is 205 g/mol. The summed E-state index contributed by atoms with van der Waals surface area (Å²) in [6.45, 7) is 3.67. The van der Waals surface area contributed by atoms with Crippen LogP contribution >= 0.6 is 0 Å². The highest BCUT2D eigenvalue weighted by Crippen LogP contribution is 2.22. The lowest BCUT2D eigenvalue weighted by Crippen LogP contribution is -2.05. The van der Waals surface area contributed by atoms with Crippen LogP contribution in [-0.4, -0.2) is 6.18 Å². The summed E-state index contributed by atoms with van der Waals surface area (Å²) < 4.78 is 35.1. The van der Waals surface area contributed by atoms with Crippen molar-refractivity contribution >= 4 is 0 Å². The van der Waals surface area contributed by atoms with Gasteiger partial charge in [-0.25, -0.2) is 0 Å². The van der Waals surface area contributed by atoms with Gasteiger partial charge in [-0.3, -0.25) is 0 Å². The molecule has 0 rings (SSSR count). The third-order valence-electron chi connectivity index (χ3n) is 1.69. The molecule has 0 unspecified atom stereocenters. The molecule has 0 aliphatic heterocycles. The van der Waals surface area contributed by atoms with E-state index in [1.54, 1.807) is 0 Å². The highest BCUT2D eigenvalue weighted by molar-refractivity contribution is 4.98. The molecular weight excluding hydrogens is 189 g/mol. The first-order valence-electron chi connectivity index (χ1n) is 4.88. The second-order valence-electron chi connectivity index (χ2n) is 3.13. The highest BCUT2D eigenvalue weighted by atomic mass is 19.4. The zero-order chi connectivity index (χ0) is 10.9. The summed E-state index contributed by atoms with van der Waals surface area (Å²) in [5.74, 6) is 5.77. The summed E-state index contributed by atoms with van der Waals surface area (Å²) in [6, 6.07) is 0. The highest BCUT2D eigenvalue weighted by Gasteiger charge is 2.25. The van der Waals surface area contributed by atoms with Gasteiger partial charge < -0.3 is 0 Å². The molecule has 1 radical (unpaired) electrons. The molecule has 81 valence electrons. The molecular formula is C11H16F3. The minimum Gasteiger partial charge on any atom is -0.171 e. The number of unbranched alkanes of at least 4 members (excludes halogenated alkanes) is 4. The molecule has 0 amide bonds. The Kier molecular flexibility index (Phi) is 7.37. The second kappa shape index (κ2) is 7.73. The Hall–Kier alpha value is -0.650. The molecule has 0 nitrogen and oxygen atoms in total. The van der Waals surface area contributed by atoms with E-state index in [2.05, 4.69) is 18.8 Å². The molecule has 14 heavy (non-hydrogen) atoms. The van der Waals surface area contributed by atoms with Crippen LogP contribution in [0.25, 0.3) is 0 Å². The van der Waals surface area contributed by atoms with Gasteiger partial charge in [0.1, 0.15) is 0 Å². The summed E-state index contributed by atoms with van der Waals surface area (Å²) in [4.78, 5) is 0. The van der Waals surface area contributed by atoms with Crippen LogP contribution in [0.1, 0.15) is 44.9 Å². The lowest BCUT2D eigenvalue weighted by atomic mass is 10.2. The van der Waals surface area contributed by atoms with E-state index in [-0.39, 0.29) is 6.42 Å². The molecule has 0 N–H and O–H groups in total. The fourth-order valence-electron chi connectivity index (χ4n) is 0.929. The van der Waals surface area contributed by atoms with Gasteiger partial charge in [-0.2, -0.15) is 13.2 Å². The van der Waals surface area contributed by atoms with Crippen LogP contribution < -0.4 is 0 Å². The first-order valence-corrected chi connectivity index (χ1v) is 4.88. The van der Waals surface area contributed by atoms with Crippen LogP contribution in [0.15, 0.2) is 0 Å². The Morgan fingerprint density at radius 2 is 1.50 bits per heavy atom. The molecule has 0 aromatic heterocycles. The Balaban J connectivity index is 3.23. The predicted molar refractivity (Wildman–Crippen MR) is 51.5 cm³/mol. The SMILES string of the molecule is [CH2]CCCC#CCCCCC(F)(F)F. The van der Waals surface area contributed by atoms with Crippen molar-refractivity contribution in [2.75, 3.05) is 0 Å². The number of rotatable bonds is 5. The van der Waals surface area contributed by atoms with Crippen LogP contribution in [-0.2, 0) is 0 Å². The number of hydrogen-bond donors (Lipinski definition) is 0. The van der Waals surface area contributed by atoms with Gasteiger partial charge >= 0.3 is 6.18 Å². The van der Waals surface area contributed by atoms with Crippen LogP contribution in [0, 0.1) is 18.8 Å². The smallest absolute Gasteiger partial charge is 0.171 e. The summed E-state index contributed by atoms with van der Waals surface area (Å²) in [6.07, 6.45) is -0.756. The first-order chi connectivity index (χ1) is 6.56. The van der Waals surface area contributed by atoms with Crippen molar-refractivity contribution in [2.24, 2.45) is 0 Å². The molecule has 0 fully saturated rings. The molecule has 0 aliphatic rings. The van der Waals surface area contributed by atoms with E-state index in [0.29, 0.717) is 12.8 Å². The maximum Gasteiger partial charge on any atom is 0.389 e. The topological polar surface area (TPSA) is 0 Å². The van der Waals surface area contributed by atoms with Crippen molar-refractivity contribution in [3.8, 4) is 11.8 Å². The zero-order valence-electron chi connectivity index (χ0n) is 8.29. The minimum atomic E-state index is -4.01. The van der Waals surface area contributed by atoms with Crippen molar-refractivity contribution in [3.63, 3.8) is 0 Å². The lowest BCUT2D eigenvalue weighted by Gasteiger charge is -2.03. The molecule has 0 aromatic rings. The fourth-order valence-corrected chi connectivity index (χ4v) is 0.929. The van der Waals surface area contributed by atoms with Crippen molar-refractivity contribution in [1.29, 1.82) is 0 Å². The third kappa shape index (κ3) is 11.4. The Morgan fingerprint density at radius 1 is 0.929 bits per heavy atom. The molecule has 0 aliphatic carbocycles. The second-order valence-corrected chi connectivity index (χ2v) is 3.13. The Morgan fingerprint density at radius 3 is 2.00 bits per heavy atom. The predicted octanol–water partition coefficient (Wildman–Crippen LogP) is 4.12. The van der Waals surface area contributed by atoms with Crippen LogP contribution in [0.2, 0.25) is 0 Å². The largest absolute Gasteiger partial charge is 0.389 e. The van der Waals surface area contributed by atoms with E-state index in [0.717, 1.165) is 19.3 Å². The van der Waals surface area contributed by atoms with Crippen LogP contribution in [0.3, 0.4) is 0 Å². The molecule has 3 heteroatoms. The van der Waals surface area contributed by atoms with Gasteiger partial charge in [0, 0.05) is 19.3 Å². The molecule has 0 atom stereocenters. The van der Waals surface area contributed by atoms with Crippen molar-refractivity contribution in [3.05, 3.63) is 6.92 Å². The van der Waals surface area contributed by atoms with Gasteiger partial charge in [0.2, 0.25) is 0 Å². The van der Waals surface area contributed by atoms with Crippen molar-refractivity contribution in [1.82, 2.24) is 0 Å². The van der Waals surface area contributed by atoms with Gasteiger partial charge in [-0.1, -0.05) is 13.3 Å². The third-order valence-corrected chi connectivity index (χ3v) is 1.69. The summed E-state index contributed by atoms with van der Waals surface area (Å²) >= 11 is 0. The average Bonchev–Trinajstić information content (AvgIpc) is 2.08. The van der Waals surface area contributed by atoms with Crippen LogP contribution in [0.5, 0.6) is 0 Å². The van der Waals surface area contributed by atoms with Gasteiger partial charge in [0.25, 0.3) is 0 Å². The molecule has 0 saturated heterocycles. The first kappa shape index (κ1) is 13.4. The lowest BCUT2D eigenvalue weighted by molar-refractivity contribution is -0.135. The van der Waals surface area contributed by atoms with E-state index in [4.69, 9.17) is 0 Å². The summed E-state index contributed by atoms with van der Waals surface area (Å²) in [7, 11) is 0. The van der Waals surface area contributed by atoms with E-state index in [1.165, 1.54) is 0 Å². The maximum atomic E-state index is 11.7. The Bertz CT molecular complexity index is 183. The fraction of sp³-hybridized carbons (Fsp3) is 0.727. The van der Waals surface area contributed by atoms with Crippen molar-refractivity contribution in [2.45, 2.75) is 51.1 Å². The Labute approximate surface area is 83.9 Å². The quantitative estimate of drug-likeness (QED) is 0.468. The van der Waals surface area contributed by atoms with Crippen LogP contribution in [0.4, 0.5) is 13.2 Å². The van der Waals surface area contributed by atoms with E-state index in [9.17, 15) is 13.2 Å². The molecule has 0 spiro atoms. The van der Waals surface area contributed by atoms with Gasteiger partial charge in [-0.05, 0) is 19.3 Å². The standard InChI is InChI=1S/C11H16F3/c1-2-3-4-5-6-7-8-9-10-11(12,13)14/h1-4,7-10H2. The van der Waals surface area contributed by atoms with Gasteiger partial charge in [0.15, 0.2) is 0 Å². The normalized spacial score (nSPS) is 10.9. The van der Waals surface area contributed by atoms with Crippen molar-refractivity contribution < 1.29 is 13.2 Å². The number of hydrogen-bond acceptors (Lipinski definition) is 0. The summed E-state index contributed by atoms with van der Waals surface area (Å²) in [5.41, 5.74) is 0. The van der Waals surface area contributed by atoms with Gasteiger partial charge in [0.05, 0.1) is 0 Å². The molecule has 0 saturated carbocycles. The number of halogens is 3. The molecule has 0 bridgehead atoms.